The van der Waals surface area contributed by atoms with E-state index in [2.05, 4.69) is 15.5 Å². The van der Waals surface area contributed by atoms with Gasteiger partial charge in [0.1, 0.15) is 40.7 Å². The average Bonchev–Trinajstić information content (AvgIpc) is 3.80. The van der Waals surface area contributed by atoms with Gasteiger partial charge in [0.15, 0.2) is 29.8 Å². The number of amidine groups is 1. The van der Waals surface area contributed by atoms with Crippen LogP contribution in [-0.2, 0) is 37.1 Å². The zero-order valence-electron chi connectivity index (χ0n) is 25.9. The minimum atomic E-state index is -1.78. The van der Waals surface area contributed by atoms with E-state index in [-0.39, 0.29) is 34.7 Å². The average molecular weight is 709 g/mol. The normalized spacial score (nSPS) is 17.9. The predicted octanol–water partition coefficient (Wildman–Crippen LogP) is 0.916. The van der Waals surface area contributed by atoms with Gasteiger partial charge in [-0.2, -0.15) is 0 Å². The fourth-order valence-corrected chi connectivity index (χ4v) is 7.12. The Bertz CT molecular complexity index is 2100. The van der Waals surface area contributed by atoms with E-state index in [9.17, 15) is 29.4 Å². The molecule has 2 amide bonds. The lowest BCUT2D eigenvalue weighted by atomic mass is 10.0. The standard InChI is InChI=1S/C30H29N9O8S2/c1-30(2,28(44)45)47-36-20(18-13-49-29(33)34-18)24(40)35-21-25(41)39-22(27(42)43)16(12-48-26(21)39)9-37-5-4-19-14(8-37)3-6-38(19)10-17-7-15(11-46-17)23(31)32/h3-8,11,13,21,26H,9-10,12H2,1-2H3,(H7-,31,32,33,34,35,40,42,43,44,45)/p+1/b36-20-/t21-,26-/m1/s1. The van der Waals surface area contributed by atoms with Gasteiger partial charge in [0.2, 0.25) is 5.60 Å². The highest BCUT2D eigenvalue weighted by Gasteiger charge is 2.55. The number of nitrogens with two attached hydrogens (primary N) is 2. The Morgan fingerprint density at radius 2 is 2.08 bits per heavy atom. The van der Waals surface area contributed by atoms with Gasteiger partial charge in [0, 0.05) is 29.0 Å². The SMILES string of the molecule is CC(C)(O/N=C(\C(=O)N[C@@H]1C(=O)N2C(C(=O)O)=C(C[n+]3ccc4c(ccn4Cc4cc(C(=N)N)co4)c3)CS[C@H]12)c1csc(N)n1)C(=O)O. The first kappa shape index (κ1) is 33.2. The molecular weight excluding hydrogens is 679 g/mol. The molecule has 2 atom stereocenters. The van der Waals surface area contributed by atoms with Crippen molar-refractivity contribution in [1.29, 1.82) is 5.41 Å². The first-order valence-corrected chi connectivity index (χ1v) is 16.5. The minimum absolute atomic E-state index is 0.0157. The molecule has 0 spiro atoms. The lowest BCUT2D eigenvalue weighted by Crippen LogP contribution is -2.71. The number of carbonyl (C=O) groups is 4. The number of carboxylic acids is 2. The van der Waals surface area contributed by atoms with E-state index >= 15 is 0 Å². The molecular formula is C30H30N9O8S2+. The van der Waals surface area contributed by atoms with Crippen molar-refractivity contribution in [3.63, 3.8) is 0 Å². The number of pyridine rings is 1. The quantitative estimate of drug-likeness (QED) is 0.0395. The molecule has 0 saturated carbocycles. The first-order chi connectivity index (χ1) is 23.2. The Hall–Kier alpha value is -5.69. The number of β-lactam (4-membered cyclic amide) rings is 1. The van der Waals surface area contributed by atoms with Crippen LogP contribution in [0.25, 0.3) is 10.9 Å². The molecule has 49 heavy (non-hydrogen) atoms. The fourth-order valence-electron chi connectivity index (χ4n) is 5.23. The topological polar surface area (TPSA) is 256 Å². The van der Waals surface area contributed by atoms with Crippen LogP contribution in [0.1, 0.15) is 30.9 Å². The third-order valence-electron chi connectivity index (χ3n) is 7.83. The summed E-state index contributed by atoms with van der Waals surface area (Å²) >= 11 is 2.32. The summed E-state index contributed by atoms with van der Waals surface area (Å²) in [6.45, 7) is 3.10. The zero-order valence-corrected chi connectivity index (χ0v) is 27.6. The van der Waals surface area contributed by atoms with Crippen molar-refractivity contribution in [3.8, 4) is 0 Å². The van der Waals surface area contributed by atoms with Gasteiger partial charge in [-0.05, 0) is 26.0 Å². The van der Waals surface area contributed by atoms with Crippen LogP contribution in [0.15, 0.2) is 69.3 Å². The highest BCUT2D eigenvalue weighted by molar-refractivity contribution is 8.00. The van der Waals surface area contributed by atoms with Crippen LogP contribution in [0.4, 0.5) is 5.13 Å². The third-order valence-corrected chi connectivity index (χ3v) is 9.84. The molecule has 0 aliphatic carbocycles. The highest BCUT2D eigenvalue weighted by atomic mass is 32.2. The lowest BCUT2D eigenvalue weighted by Gasteiger charge is -2.49. The van der Waals surface area contributed by atoms with E-state index in [4.69, 9.17) is 26.1 Å². The Kier molecular flexibility index (Phi) is 8.63. The Morgan fingerprint density at radius 1 is 1.31 bits per heavy atom. The van der Waals surface area contributed by atoms with Crippen molar-refractivity contribution in [2.45, 2.75) is 44.0 Å². The Morgan fingerprint density at radius 3 is 2.73 bits per heavy atom. The molecule has 6 heterocycles. The van der Waals surface area contributed by atoms with Gasteiger partial charge in [-0.25, -0.2) is 19.1 Å². The van der Waals surface area contributed by atoms with Gasteiger partial charge in [0.05, 0.1) is 23.0 Å². The fraction of sp³-hybridized carbons (Fsp3) is 0.267. The number of anilines is 1. The van der Waals surface area contributed by atoms with E-state index in [1.54, 1.807) is 6.07 Å². The maximum atomic E-state index is 13.4. The number of aliphatic carboxylic acids is 2. The number of carbonyl (C=O) groups excluding carboxylic acids is 2. The van der Waals surface area contributed by atoms with Crippen molar-refractivity contribution in [3.05, 3.63) is 76.7 Å². The van der Waals surface area contributed by atoms with Crippen molar-refractivity contribution in [2.75, 3.05) is 11.5 Å². The monoisotopic (exact) mass is 708 g/mol. The van der Waals surface area contributed by atoms with Gasteiger partial charge in [-0.15, -0.1) is 23.1 Å². The molecule has 2 aliphatic rings. The first-order valence-electron chi connectivity index (χ1n) is 14.5. The number of furan rings is 1. The number of amides is 2. The van der Waals surface area contributed by atoms with Gasteiger partial charge in [-0.1, -0.05) is 5.16 Å². The molecule has 19 heteroatoms. The number of hydrogen-bond donors (Lipinski definition) is 6. The molecule has 0 bridgehead atoms. The minimum Gasteiger partial charge on any atom is -0.478 e. The van der Waals surface area contributed by atoms with Crippen LogP contribution in [0.3, 0.4) is 0 Å². The van der Waals surface area contributed by atoms with Crippen LogP contribution in [0.5, 0.6) is 0 Å². The molecule has 2 aliphatic heterocycles. The van der Waals surface area contributed by atoms with Crippen LogP contribution < -0.4 is 21.4 Å². The van der Waals surface area contributed by atoms with E-state index in [1.807, 2.05) is 39.9 Å². The Labute approximate surface area is 285 Å². The molecule has 1 saturated heterocycles. The third kappa shape index (κ3) is 6.44. The highest BCUT2D eigenvalue weighted by Crippen LogP contribution is 2.40. The van der Waals surface area contributed by atoms with Gasteiger partial charge in [-0.3, -0.25) is 19.9 Å². The van der Waals surface area contributed by atoms with E-state index in [0.29, 0.717) is 23.4 Å². The van der Waals surface area contributed by atoms with E-state index in [1.165, 1.54) is 37.3 Å². The Balaban J connectivity index is 1.18. The second-order valence-electron chi connectivity index (χ2n) is 11.7. The number of rotatable bonds is 12. The molecule has 0 aromatic carbocycles. The number of nitrogens with zero attached hydrogens (tertiary/aromatic N) is 5. The number of thiazole rings is 1. The van der Waals surface area contributed by atoms with Crippen molar-refractivity contribution in [2.24, 2.45) is 10.9 Å². The number of hydrogen-bond acceptors (Lipinski definition) is 12. The number of aromatic nitrogens is 3. The number of nitrogens with one attached hydrogen (secondary N) is 2. The van der Waals surface area contributed by atoms with Crippen LogP contribution in [0, 0.1) is 5.41 Å². The molecule has 4 aromatic heterocycles. The summed E-state index contributed by atoms with van der Waals surface area (Å²) in [5.41, 5.74) is 10.8. The van der Waals surface area contributed by atoms with Crippen LogP contribution in [-0.4, -0.2) is 82.7 Å². The number of oxime groups is 1. The molecule has 0 unspecified atom stereocenters. The second-order valence-corrected chi connectivity index (χ2v) is 13.6. The number of carboxylic acid groups (broad SMARTS) is 2. The van der Waals surface area contributed by atoms with Gasteiger partial charge >= 0.3 is 11.9 Å². The smallest absolute Gasteiger partial charge is 0.352 e. The largest absolute Gasteiger partial charge is 0.478 e. The molecule has 6 rings (SSSR count). The van der Waals surface area contributed by atoms with Gasteiger partial charge in [0.25, 0.3) is 11.8 Å². The molecule has 8 N–H and O–H groups in total. The van der Waals surface area contributed by atoms with E-state index in [0.717, 1.165) is 27.1 Å². The molecule has 4 aromatic rings. The van der Waals surface area contributed by atoms with E-state index < -0.39 is 46.5 Å². The maximum absolute atomic E-state index is 13.4. The summed E-state index contributed by atoms with van der Waals surface area (Å²) in [6, 6.07) is 4.42. The molecule has 254 valence electrons. The summed E-state index contributed by atoms with van der Waals surface area (Å²) in [5.74, 6) is -3.30. The molecule has 0 radical (unpaired) electrons. The van der Waals surface area contributed by atoms with Crippen LogP contribution in [0.2, 0.25) is 0 Å². The maximum Gasteiger partial charge on any atom is 0.352 e. The second kappa shape index (κ2) is 12.7. The van der Waals surface area contributed by atoms with Crippen molar-refractivity contribution >= 4 is 74.4 Å². The summed E-state index contributed by atoms with van der Waals surface area (Å²) in [6.07, 6.45) is 7.01. The predicted molar refractivity (Wildman–Crippen MR) is 177 cm³/mol. The van der Waals surface area contributed by atoms with Crippen molar-refractivity contribution < 1.29 is 43.2 Å². The number of nitrogen functional groups attached to an aromatic ring is 2. The summed E-state index contributed by atoms with van der Waals surface area (Å²) < 4.78 is 9.33. The van der Waals surface area contributed by atoms with Crippen LogP contribution >= 0.6 is 23.1 Å². The molecule has 17 nitrogen and oxygen atoms in total. The summed E-state index contributed by atoms with van der Waals surface area (Å²) in [4.78, 5) is 61.0. The lowest BCUT2D eigenvalue weighted by molar-refractivity contribution is -0.687. The summed E-state index contributed by atoms with van der Waals surface area (Å²) in [5, 5.41) is 35.2. The molecule has 1 fully saturated rings. The van der Waals surface area contributed by atoms with Crippen molar-refractivity contribution in [1.82, 2.24) is 19.8 Å². The number of thioether (sulfide) groups is 1. The zero-order chi connectivity index (χ0) is 35.2. The summed E-state index contributed by atoms with van der Waals surface area (Å²) in [7, 11) is 0. The number of fused-ring (bicyclic) bond motifs is 2. The van der Waals surface area contributed by atoms with Gasteiger partial charge < -0.3 is 40.8 Å².